The summed E-state index contributed by atoms with van der Waals surface area (Å²) in [7, 11) is 0. The third kappa shape index (κ3) is 3.95. The molecule has 6 nitrogen and oxygen atoms in total. The van der Waals surface area contributed by atoms with Crippen molar-refractivity contribution >= 4 is 11.9 Å². The van der Waals surface area contributed by atoms with Gasteiger partial charge < -0.3 is 20.8 Å². The van der Waals surface area contributed by atoms with Crippen LogP contribution >= 0.6 is 0 Å². The molecule has 1 fully saturated rings. The van der Waals surface area contributed by atoms with Gasteiger partial charge in [-0.15, -0.1) is 0 Å². The van der Waals surface area contributed by atoms with Gasteiger partial charge in [0.25, 0.3) is 0 Å². The van der Waals surface area contributed by atoms with Gasteiger partial charge in [-0.1, -0.05) is 12.1 Å². The minimum atomic E-state index is -1.06. The van der Waals surface area contributed by atoms with E-state index in [2.05, 4.69) is 10.6 Å². The third-order valence-electron chi connectivity index (χ3n) is 3.85. The fourth-order valence-corrected chi connectivity index (χ4v) is 2.56. The molecule has 3 unspecified atom stereocenters. The number of carbonyl (C=O) groups excluding carboxylic acids is 1. The molecule has 0 radical (unpaired) electrons. The summed E-state index contributed by atoms with van der Waals surface area (Å²) in [6.07, 6.45) is 0.911. The van der Waals surface area contributed by atoms with E-state index >= 15 is 0 Å². The summed E-state index contributed by atoms with van der Waals surface area (Å²) in [6, 6.07) is 5.40. The Balaban J connectivity index is 2.00. The van der Waals surface area contributed by atoms with Gasteiger partial charge in [-0.05, 0) is 37.6 Å². The summed E-state index contributed by atoms with van der Waals surface area (Å²) in [6.45, 7) is 2.70. The molecule has 1 aliphatic rings. The Labute approximate surface area is 123 Å². The highest BCUT2D eigenvalue weighted by Gasteiger charge is 2.32. The monoisotopic (exact) mass is 292 g/mol. The van der Waals surface area contributed by atoms with Gasteiger partial charge in [-0.3, -0.25) is 4.79 Å². The van der Waals surface area contributed by atoms with Crippen molar-refractivity contribution in [2.45, 2.75) is 31.8 Å². The van der Waals surface area contributed by atoms with Crippen LogP contribution < -0.4 is 10.6 Å². The van der Waals surface area contributed by atoms with Gasteiger partial charge in [0.2, 0.25) is 5.91 Å². The zero-order valence-corrected chi connectivity index (χ0v) is 11.9. The highest BCUT2D eigenvalue weighted by molar-refractivity contribution is 5.85. The number of carboxylic acid groups (broad SMARTS) is 1. The molecule has 6 heteroatoms. The molecule has 0 saturated carbocycles. The summed E-state index contributed by atoms with van der Waals surface area (Å²) >= 11 is 0. The van der Waals surface area contributed by atoms with Crippen LogP contribution in [0.3, 0.4) is 0 Å². The predicted molar refractivity (Wildman–Crippen MR) is 76.9 cm³/mol. The molecule has 1 amide bonds. The summed E-state index contributed by atoms with van der Waals surface area (Å²) in [5, 5.41) is 24.3. The van der Waals surface area contributed by atoms with Crippen molar-refractivity contribution < 1.29 is 19.8 Å². The number of nitrogens with one attached hydrogen (secondary N) is 2. The number of aliphatic carboxylic acids is 1. The normalized spacial score (nSPS) is 22.7. The van der Waals surface area contributed by atoms with E-state index in [1.807, 2.05) is 6.92 Å². The topological polar surface area (TPSA) is 98.7 Å². The fraction of sp³-hybridized carbons (Fsp3) is 0.467. The molecule has 2 rings (SSSR count). The number of rotatable bonds is 5. The van der Waals surface area contributed by atoms with Crippen molar-refractivity contribution in [3.8, 4) is 5.75 Å². The minimum absolute atomic E-state index is 0.0631. The van der Waals surface area contributed by atoms with Gasteiger partial charge in [0.1, 0.15) is 11.8 Å². The van der Waals surface area contributed by atoms with E-state index in [0.29, 0.717) is 0 Å². The SMILES string of the molecule is CC1NCCC1C(=O)NC(Cc1ccc(O)cc1)C(=O)O. The van der Waals surface area contributed by atoms with E-state index in [4.69, 9.17) is 0 Å². The molecule has 1 heterocycles. The summed E-state index contributed by atoms with van der Waals surface area (Å²) in [4.78, 5) is 23.5. The second kappa shape index (κ2) is 6.58. The van der Waals surface area contributed by atoms with Gasteiger partial charge >= 0.3 is 5.97 Å². The maximum atomic E-state index is 12.2. The maximum Gasteiger partial charge on any atom is 0.326 e. The van der Waals surface area contributed by atoms with E-state index < -0.39 is 12.0 Å². The zero-order valence-electron chi connectivity index (χ0n) is 11.9. The molecule has 1 aromatic carbocycles. The minimum Gasteiger partial charge on any atom is -0.508 e. The number of aromatic hydroxyl groups is 1. The quantitative estimate of drug-likeness (QED) is 0.633. The molecule has 21 heavy (non-hydrogen) atoms. The average molecular weight is 292 g/mol. The lowest BCUT2D eigenvalue weighted by Crippen LogP contribution is -2.46. The van der Waals surface area contributed by atoms with Gasteiger partial charge in [0, 0.05) is 12.5 Å². The van der Waals surface area contributed by atoms with Crippen LogP contribution in [0.25, 0.3) is 0 Å². The van der Waals surface area contributed by atoms with Crippen molar-refractivity contribution in [2.24, 2.45) is 5.92 Å². The number of amides is 1. The first-order valence-electron chi connectivity index (χ1n) is 7.02. The van der Waals surface area contributed by atoms with E-state index in [0.717, 1.165) is 18.5 Å². The number of benzene rings is 1. The summed E-state index contributed by atoms with van der Waals surface area (Å²) < 4.78 is 0. The highest BCUT2D eigenvalue weighted by Crippen LogP contribution is 2.16. The van der Waals surface area contributed by atoms with Crippen molar-refractivity contribution in [2.75, 3.05) is 6.54 Å². The molecule has 3 atom stereocenters. The van der Waals surface area contributed by atoms with Crippen LogP contribution in [-0.2, 0) is 16.0 Å². The molecule has 1 aromatic rings. The lowest BCUT2D eigenvalue weighted by molar-refractivity contribution is -0.142. The van der Waals surface area contributed by atoms with Gasteiger partial charge in [-0.25, -0.2) is 4.79 Å². The summed E-state index contributed by atoms with van der Waals surface area (Å²) in [5.74, 6) is -1.35. The third-order valence-corrected chi connectivity index (χ3v) is 3.85. The number of phenolic OH excluding ortho intramolecular Hbond substituents is 1. The molecular formula is C15H20N2O4. The first kappa shape index (κ1) is 15.3. The standard InChI is InChI=1S/C15H20N2O4/c1-9-12(6-7-16-9)14(19)17-13(15(20)21)8-10-2-4-11(18)5-3-10/h2-5,9,12-13,16,18H,6-8H2,1H3,(H,17,19)(H,20,21). The van der Waals surface area contributed by atoms with E-state index in [1.165, 1.54) is 12.1 Å². The van der Waals surface area contributed by atoms with Crippen LogP contribution in [0.15, 0.2) is 24.3 Å². The second-order valence-electron chi connectivity index (χ2n) is 5.41. The zero-order chi connectivity index (χ0) is 15.4. The van der Waals surface area contributed by atoms with Gasteiger partial charge in [0.15, 0.2) is 0 Å². The molecule has 0 aliphatic carbocycles. The lowest BCUT2D eigenvalue weighted by atomic mass is 9.99. The van der Waals surface area contributed by atoms with Crippen LogP contribution in [0, 0.1) is 5.92 Å². The highest BCUT2D eigenvalue weighted by atomic mass is 16.4. The lowest BCUT2D eigenvalue weighted by Gasteiger charge is -2.19. The Kier molecular flexibility index (Phi) is 4.80. The van der Waals surface area contributed by atoms with Crippen LogP contribution in [-0.4, -0.2) is 40.7 Å². The number of hydrogen-bond donors (Lipinski definition) is 4. The Morgan fingerprint density at radius 1 is 1.38 bits per heavy atom. The van der Waals surface area contributed by atoms with E-state index in [1.54, 1.807) is 12.1 Å². The van der Waals surface area contributed by atoms with Crippen LogP contribution in [0.2, 0.25) is 0 Å². The Hall–Kier alpha value is -2.08. The Morgan fingerprint density at radius 2 is 2.05 bits per heavy atom. The molecule has 1 aliphatic heterocycles. The largest absolute Gasteiger partial charge is 0.508 e. The van der Waals surface area contributed by atoms with Crippen LogP contribution in [0.1, 0.15) is 18.9 Å². The van der Waals surface area contributed by atoms with E-state index in [-0.39, 0.29) is 30.0 Å². The Morgan fingerprint density at radius 3 is 2.57 bits per heavy atom. The Bertz CT molecular complexity index is 515. The molecular weight excluding hydrogens is 272 g/mol. The first-order chi connectivity index (χ1) is 9.97. The molecule has 114 valence electrons. The van der Waals surface area contributed by atoms with Gasteiger partial charge in [0.05, 0.1) is 5.92 Å². The van der Waals surface area contributed by atoms with Crippen LogP contribution in [0.5, 0.6) is 5.75 Å². The second-order valence-corrected chi connectivity index (χ2v) is 5.41. The van der Waals surface area contributed by atoms with Crippen molar-refractivity contribution in [3.05, 3.63) is 29.8 Å². The molecule has 0 aromatic heterocycles. The number of carboxylic acids is 1. The maximum absolute atomic E-state index is 12.2. The summed E-state index contributed by atoms with van der Waals surface area (Å²) in [5.41, 5.74) is 0.748. The molecule has 0 spiro atoms. The number of phenols is 1. The number of carbonyl (C=O) groups is 2. The number of hydrogen-bond acceptors (Lipinski definition) is 4. The van der Waals surface area contributed by atoms with E-state index in [9.17, 15) is 19.8 Å². The average Bonchev–Trinajstić information content (AvgIpc) is 2.86. The van der Waals surface area contributed by atoms with Crippen molar-refractivity contribution in [1.29, 1.82) is 0 Å². The predicted octanol–water partition coefficient (Wildman–Crippen LogP) is 0.502. The first-order valence-corrected chi connectivity index (χ1v) is 7.02. The van der Waals surface area contributed by atoms with Crippen LogP contribution in [0.4, 0.5) is 0 Å². The molecule has 1 saturated heterocycles. The van der Waals surface area contributed by atoms with Gasteiger partial charge in [-0.2, -0.15) is 0 Å². The molecule has 0 bridgehead atoms. The smallest absolute Gasteiger partial charge is 0.326 e. The van der Waals surface area contributed by atoms with Crippen molar-refractivity contribution in [3.63, 3.8) is 0 Å². The molecule has 4 N–H and O–H groups in total. The van der Waals surface area contributed by atoms with Crippen molar-refractivity contribution in [1.82, 2.24) is 10.6 Å². The fourth-order valence-electron chi connectivity index (χ4n) is 2.56.